The summed E-state index contributed by atoms with van der Waals surface area (Å²) in [5, 5.41) is 1.91. The first-order chi connectivity index (χ1) is 12.3. The van der Waals surface area contributed by atoms with E-state index in [1.165, 1.54) is 16.9 Å². The van der Waals surface area contributed by atoms with E-state index in [1.54, 1.807) is 18.2 Å². The smallest absolute Gasteiger partial charge is 0.264 e. The number of methoxy groups -OCH3 is 1. The van der Waals surface area contributed by atoms with E-state index in [9.17, 15) is 4.79 Å². The van der Waals surface area contributed by atoms with Crippen molar-refractivity contribution in [3.8, 4) is 0 Å². The fourth-order valence-corrected chi connectivity index (χ4v) is 3.29. The van der Waals surface area contributed by atoms with Crippen LogP contribution < -0.4 is 0 Å². The van der Waals surface area contributed by atoms with Crippen LogP contribution in [0.25, 0.3) is 0 Å². The Morgan fingerprint density at radius 2 is 2.08 bits per heavy atom. The Bertz CT molecular complexity index is 784. The van der Waals surface area contributed by atoms with Crippen molar-refractivity contribution >= 4 is 17.2 Å². The molecule has 0 unspecified atom stereocenters. The van der Waals surface area contributed by atoms with E-state index < -0.39 is 0 Å². The standard InChI is InChI=1S/C19H21N3O2S/c1-24-12-11-22(19(23)17-8-5-13-25-17)15-18-20-9-10-21(18)14-16-6-3-2-4-7-16/h2-10,13H,11-12,14-15H2,1H3. The lowest BCUT2D eigenvalue weighted by atomic mass is 10.2. The van der Waals surface area contributed by atoms with Gasteiger partial charge in [-0.3, -0.25) is 4.79 Å². The SMILES string of the molecule is COCCN(Cc1nccn1Cc1ccccc1)C(=O)c1cccs1. The summed E-state index contributed by atoms with van der Waals surface area (Å²) in [6.45, 7) is 2.23. The van der Waals surface area contributed by atoms with Gasteiger partial charge in [0.15, 0.2) is 0 Å². The number of thiophene rings is 1. The van der Waals surface area contributed by atoms with Crippen LogP contribution in [0.1, 0.15) is 21.1 Å². The zero-order chi connectivity index (χ0) is 17.5. The summed E-state index contributed by atoms with van der Waals surface area (Å²) >= 11 is 1.45. The number of imidazole rings is 1. The molecule has 0 radical (unpaired) electrons. The molecular formula is C19H21N3O2S. The van der Waals surface area contributed by atoms with Crippen LogP contribution in [0.15, 0.2) is 60.2 Å². The molecule has 2 heterocycles. The minimum absolute atomic E-state index is 0.0151. The van der Waals surface area contributed by atoms with Crippen molar-refractivity contribution in [3.05, 3.63) is 76.5 Å². The summed E-state index contributed by atoms with van der Waals surface area (Å²) in [5.41, 5.74) is 1.20. The van der Waals surface area contributed by atoms with E-state index >= 15 is 0 Å². The fraction of sp³-hybridized carbons (Fsp3) is 0.263. The summed E-state index contributed by atoms with van der Waals surface area (Å²) in [4.78, 5) is 19.7. The van der Waals surface area contributed by atoms with Crippen LogP contribution in [-0.2, 0) is 17.8 Å². The molecule has 2 aromatic heterocycles. The van der Waals surface area contributed by atoms with Crippen LogP contribution in [0.4, 0.5) is 0 Å². The second-order valence-electron chi connectivity index (χ2n) is 5.65. The molecule has 0 aliphatic rings. The Hall–Kier alpha value is -2.44. The molecule has 0 atom stereocenters. The van der Waals surface area contributed by atoms with Gasteiger partial charge in [0.2, 0.25) is 0 Å². The van der Waals surface area contributed by atoms with E-state index in [4.69, 9.17) is 4.74 Å². The molecule has 0 fully saturated rings. The van der Waals surface area contributed by atoms with Crippen molar-refractivity contribution in [2.24, 2.45) is 0 Å². The number of carbonyl (C=O) groups is 1. The molecule has 0 saturated heterocycles. The molecule has 0 N–H and O–H groups in total. The van der Waals surface area contributed by atoms with Crippen molar-refractivity contribution in [1.82, 2.24) is 14.5 Å². The maximum absolute atomic E-state index is 12.8. The summed E-state index contributed by atoms with van der Waals surface area (Å²) in [7, 11) is 1.64. The Kier molecular flexibility index (Phi) is 5.98. The maximum Gasteiger partial charge on any atom is 0.264 e. The zero-order valence-electron chi connectivity index (χ0n) is 14.2. The summed E-state index contributed by atoms with van der Waals surface area (Å²) in [6, 6.07) is 14.0. The van der Waals surface area contributed by atoms with Gasteiger partial charge < -0.3 is 14.2 Å². The first kappa shape index (κ1) is 17.4. The summed E-state index contributed by atoms with van der Waals surface area (Å²) in [5.74, 6) is 0.881. The topological polar surface area (TPSA) is 47.4 Å². The van der Waals surface area contributed by atoms with E-state index in [0.717, 1.165) is 17.2 Å². The second-order valence-corrected chi connectivity index (χ2v) is 6.60. The first-order valence-corrected chi connectivity index (χ1v) is 9.01. The zero-order valence-corrected chi connectivity index (χ0v) is 15.0. The quantitative estimate of drug-likeness (QED) is 0.623. The van der Waals surface area contributed by atoms with Gasteiger partial charge in [0.25, 0.3) is 5.91 Å². The molecule has 25 heavy (non-hydrogen) atoms. The highest BCUT2D eigenvalue weighted by atomic mass is 32.1. The van der Waals surface area contributed by atoms with Crippen molar-refractivity contribution < 1.29 is 9.53 Å². The van der Waals surface area contributed by atoms with Gasteiger partial charge in [0, 0.05) is 32.6 Å². The van der Waals surface area contributed by atoms with Crippen LogP contribution in [-0.4, -0.2) is 40.6 Å². The molecular weight excluding hydrogens is 334 g/mol. The van der Waals surface area contributed by atoms with Crippen LogP contribution >= 0.6 is 11.3 Å². The van der Waals surface area contributed by atoms with Crippen molar-refractivity contribution in [2.75, 3.05) is 20.3 Å². The summed E-state index contributed by atoms with van der Waals surface area (Å²) < 4.78 is 7.25. The normalized spacial score (nSPS) is 10.8. The molecule has 6 heteroatoms. The number of aromatic nitrogens is 2. The Morgan fingerprint density at radius 3 is 2.80 bits per heavy atom. The molecule has 0 aliphatic heterocycles. The van der Waals surface area contributed by atoms with Gasteiger partial charge >= 0.3 is 0 Å². The minimum Gasteiger partial charge on any atom is -0.383 e. The highest BCUT2D eigenvalue weighted by molar-refractivity contribution is 7.12. The predicted molar refractivity (Wildman–Crippen MR) is 98.7 cm³/mol. The number of nitrogens with zero attached hydrogens (tertiary/aromatic N) is 3. The molecule has 0 bridgehead atoms. The molecule has 0 saturated carbocycles. The lowest BCUT2D eigenvalue weighted by molar-refractivity contribution is 0.0678. The minimum atomic E-state index is 0.0151. The molecule has 3 aromatic rings. The Balaban J connectivity index is 1.76. The van der Waals surface area contributed by atoms with Gasteiger partial charge in [-0.1, -0.05) is 36.4 Å². The lowest BCUT2D eigenvalue weighted by Crippen LogP contribution is -2.34. The number of hydrogen-bond donors (Lipinski definition) is 0. The van der Waals surface area contributed by atoms with E-state index in [-0.39, 0.29) is 5.91 Å². The fourth-order valence-electron chi connectivity index (χ4n) is 2.60. The van der Waals surface area contributed by atoms with Crippen molar-refractivity contribution in [2.45, 2.75) is 13.1 Å². The molecule has 0 spiro atoms. The first-order valence-electron chi connectivity index (χ1n) is 8.13. The van der Waals surface area contributed by atoms with Gasteiger partial charge in [0.1, 0.15) is 5.82 Å². The van der Waals surface area contributed by atoms with Crippen LogP contribution in [0, 0.1) is 0 Å². The van der Waals surface area contributed by atoms with Crippen molar-refractivity contribution in [3.63, 3.8) is 0 Å². The monoisotopic (exact) mass is 355 g/mol. The Labute approximate surface area is 151 Å². The molecule has 1 aromatic carbocycles. The number of carbonyl (C=O) groups excluding carboxylic acids is 1. The van der Waals surface area contributed by atoms with E-state index in [0.29, 0.717) is 19.7 Å². The molecule has 3 rings (SSSR count). The van der Waals surface area contributed by atoms with Crippen LogP contribution in [0.2, 0.25) is 0 Å². The highest BCUT2D eigenvalue weighted by Gasteiger charge is 2.19. The van der Waals surface area contributed by atoms with E-state index in [2.05, 4.69) is 21.7 Å². The van der Waals surface area contributed by atoms with Gasteiger partial charge in [-0.2, -0.15) is 0 Å². The third-order valence-corrected chi connectivity index (χ3v) is 4.77. The molecule has 0 aliphatic carbocycles. The number of amides is 1. The van der Waals surface area contributed by atoms with Gasteiger partial charge in [-0.15, -0.1) is 11.3 Å². The molecule has 130 valence electrons. The summed E-state index contributed by atoms with van der Waals surface area (Å²) in [6.07, 6.45) is 3.73. The Morgan fingerprint density at radius 1 is 1.24 bits per heavy atom. The molecule has 5 nitrogen and oxygen atoms in total. The lowest BCUT2D eigenvalue weighted by Gasteiger charge is -2.22. The van der Waals surface area contributed by atoms with Crippen LogP contribution in [0.3, 0.4) is 0 Å². The predicted octanol–water partition coefficient (Wildman–Crippen LogP) is 3.28. The number of hydrogen-bond acceptors (Lipinski definition) is 4. The van der Waals surface area contributed by atoms with Gasteiger partial charge in [-0.05, 0) is 17.0 Å². The molecule has 1 amide bonds. The average Bonchev–Trinajstić information content (AvgIpc) is 3.31. The van der Waals surface area contributed by atoms with Gasteiger partial charge in [-0.25, -0.2) is 4.98 Å². The van der Waals surface area contributed by atoms with Crippen LogP contribution in [0.5, 0.6) is 0 Å². The third kappa shape index (κ3) is 4.55. The maximum atomic E-state index is 12.8. The van der Waals surface area contributed by atoms with Crippen molar-refractivity contribution in [1.29, 1.82) is 0 Å². The third-order valence-electron chi connectivity index (χ3n) is 3.91. The van der Waals surface area contributed by atoms with Gasteiger partial charge in [0.05, 0.1) is 18.0 Å². The van der Waals surface area contributed by atoms with E-state index in [1.807, 2.05) is 41.9 Å². The number of benzene rings is 1. The second kappa shape index (κ2) is 8.60. The highest BCUT2D eigenvalue weighted by Crippen LogP contribution is 2.15. The largest absolute Gasteiger partial charge is 0.383 e. The average molecular weight is 355 g/mol. The number of ether oxygens (including phenoxy) is 1. The number of rotatable bonds is 8.